The Labute approximate surface area is 171 Å². The van der Waals surface area contributed by atoms with Gasteiger partial charge in [0.1, 0.15) is 5.75 Å². The second kappa shape index (κ2) is 7.96. The minimum atomic E-state index is 0.0111. The molecule has 0 fully saturated rings. The average molecular weight is 383 g/mol. The van der Waals surface area contributed by atoms with Crippen molar-refractivity contribution >= 4 is 17.5 Å². The maximum atomic E-state index is 12.6. The van der Waals surface area contributed by atoms with Crippen molar-refractivity contribution in [3.8, 4) is 16.9 Å². The van der Waals surface area contributed by atoms with Crippen LogP contribution in [0.1, 0.15) is 39.0 Å². The van der Waals surface area contributed by atoms with E-state index in [0.717, 1.165) is 40.7 Å². The van der Waals surface area contributed by atoms with E-state index < -0.39 is 0 Å². The van der Waals surface area contributed by atoms with Gasteiger partial charge in [0.15, 0.2) is 5.78 Å². The number of aromatic hydroxyl groups is 1. The van der Waals surface area contributed by atoms with Crippen molar-refractivity contribution in [1.29, 1.82) is 0 Å². The number of nitrogens with one attached hydrogen (secondary N) is 1. The number of ketones is 1. The molecular weight excluding hydrogens is 358 g/mol. The van der Waals surface area contributed by atoms with Gasteiger partial charge in [-0.2, -0.15) is 0 Å². The summed E-state index contributed by atoms with van der Waals surface area (Å²) in [5.74, 6) is 0.158. The number of fused-ring (bicyclic) bond motifs is 1. The van der Waals surface area contributed by atoms with Crippen LogP contribution in [0.2, 0.25) is 0 Å². The van der Waals surface area contributed by atoms with Crippen molar-refractivity contribution in [1.82, 2.24) is 0 Å². The zero-order chi connectivity index (χ0) is 20.4. The number of Topliss-reactive ketones (excluding diaryl/α,β-unsaturated/α-hetero) is 1. The van der Waals surface area contributed by atoms with Crippen LogP contribution in [0.5, 0.6) is 5.75 Å². The highest BCUT2D eigenvalue weighted by Crippen LogP contribution is 2.35. The molecule has 0 radical (unpaired) electrons. The number of rotatable bonds is 5. The molecule has 1 aliphatic rings. The molecule has 3 heteroatoms. The van der Waals surface area contributed by atoms with Crippen LogP contribution in [0.15, 0.2) is 60.7 Å². The van der Waals surface area contributed by atoms with Gasteiger partial charge in [-0.05, 0) is 72.2 Å². The fourth-order valence-electron chi connectivity index (χ4n) is 3.89. The topological polar surface area (TPSA) is 49.3 Å². The number of anilines is 1. The number of phenols is 1. The third-order valence-corrected chi connectivity index (χ3v) is 5.71. The molecule has 146 valence electrons. The maximum absolute atomic E-state index is 12.6. The number of carbonyl (C=O) groups is 1. The molecular formula is C26H25NO2. The van der Waals surface area contributed by atoms with E-state index in [9.17, 15) is 9.90 Å². The first kappa shape index (κ1) is 19.0. The normalized spacial score (nSPS) is 12.5. The average Bonchev–Trinajstić information content (AvgIpc) is 2.74. The molecule has 0 heterocycles. The molecule has 0 unspecified atom stereocenters. The van der Waals surface area contributed by atoms with Crippen molar-refractivity contribution in [2.45, 2.75) is 26.7 Å². The van der Waals surface area contributed by atoms with Gasteiger partial charge in [-0.1, -0.05) is 54.6 Å². The van der Waals surface area contributed by atoms with E-state index >= 15 is 0 Å². The van der Waals surface area contributed by atoms with Gasteiger partial charge in [-0.25, -0.2) is 0 Å². The maximum Gasteiger partial charge on any atom is 0.182 e. The van der Waals surface area contributed by atoms with Gasteiger partial charge in [0.05, 0.1) is 12.2 Å². The molecule has 4 rings (SSSR count). The molecule has 3 nitrogen and oxygen atoms in total. The minimum Gasteiger partial charge on any atom is -0.506 e. The van der Waals surface area contributed by atoms with E-state index in [-0.39, 0.29) is 18.1 Å². The Balaban J connectivity index is 1.54. The molecule has 0 saturated heterocycles. The molecule has 3 aromatic carbocycles. The van der Waals surface area contributed by atoms with Gasteiger partial charge in [-0.15, -0.1) is 0 Å². The largest absolute Gasteiger partial charge is 0.506 e. The van der Waals surface area contributed by atoms with E-state index in [4.69, 9.17) is 0 Å². The van der Waals surface area contributed by atoms with Gasteiger partial charge in [-0.3, -0.25) is 4.79 Å². The fraction of sp³-hybridized carbons (Fsp3) is 0.192. The zero-order valence-corrected chi connectivity index (χ0v) is 16.8. The summed E-state index contributed by atoms with van der Waals surface area (Å²) >= 11 is 0. The summed E-state index contributed by atoms with van der Waals surface area (Å²) in [6, 6.07) is 17.7. The van der Waals surface area contributed by atoms with Crippen LogP contribution in [-0.2, 0) is 6.42 Å². The van der Waals surface area contributed by atoms with Gasteiger partial charge < -0.3 is 10.4 Å². The quantitative estimate of drug-likeness (QED) is 0.424. The summed E-state index contributed by atoms with van der Waals surface area (Å²) in [7, 11) is 0. The van der Waals surface area contributed by atoms with E-state index in [2.05, 4.69) is 35.7 Å². The van der Waals surface area contributed by atoms with Gasteiger partial charge in [0.2, 0.25) is 0 Å². The Morgan fingerprint density at radius 2 is 1.90 bits per heavy atom. The van der Waals surface area contributed by atoms with Gasteiger partial charge >= 0.3 is 0 Å². The van der Waals surface area contributed by atoms with Crippen molar-refractivity contribution in [3.05, 3.63) is 88.5 Å². The Morgan fingerprint density at radius 1 is 1.07 bits per heavy atom. The highest BCUT2D eigenvalue weighted by Gasteiger charge is 2.14. The van der Waals surface area contributed by atoms with Crippen LogP contribution in [0, 0.1) is 13.8 Å². The number of aryl methyl sites for hydroxylation is 2. The van der Waals surface area contributed by atoms with Crippen LogP contribution >= 0.6 is 0 Å². The monoisotopic (exact) mass is 383 g/mol. The molecule has 0 atom stereocenters. The molecule has 0 aromatic heterocycles. The molecule has 29 heavy (non-hydrogen) atoms. The lowest BCUT2D eigenvalue weighted by Gasteiger charge is -2.16. The predicted octanol–water partition coefficient (Wildman–Crippen LogP) is 5.93. The molecule has 0 aliphatic heterocycles. The Kier molecular flexibility index (Phi) is 5.22. The van der Waals surface area contributed by atoms with Gasteiger partial charge in [0.25, 0.3) is 0 Å². The first-order valence-corrected chi connectivity index (χ1v) is 9.99. The molecule has 1 aliphatic carbocycles. The standard InChI is InChI=1S/C26H25NO2/c1-17-7-5-11-21(18(17)2)26(29)16-27-24-14-13-20(15-25(24)28)23-12-6-9-19-8-3-4-10-22(19)23/h4-7,9-15,27-28H,3,8,16H2,1-2H3. The smallest absolute Gasteiger partial charge is 0.182 e. The van der Waals surface area contributed by atoms with E-state index in [1.807, 2.05) is 44.2 Å². The summed E-state index contributed by atoms with van der Waals surface area (Å²) in [6.07, 6.45) is 6.48. The van der Waals surface area contributed by atoms with Crippen LogP contribution in [0.3, 0.4) is 0 Å². The van der Waals surface area contributed by atoms with Crippen molar-refractivity contribution < 1.29 is 9.90 Å². The molecule has 3 aromatic rings. The second-order valence-corrected chi connectivity index (χ2v) is 7.58. The third-order valence-electron chi connectivity index (χ3n) is 5.71. The van der Waals surface area contributed by atoms with Crippen molar-refractivity contribution in [2.75, 3.05) is 11.9 Å². The highest BCUT2D eigenvalue weighted by atomic mass is 16.3. The van der Waals surface area contributed by atoms with Crippen LogP contribution in [0.25, 0.3) is 17.2 Å². The molecule has 0 spiro atoms. The third kappa shape index (κ3) is 3.81. The molecule has 0 amide bonds. The van der Waals surface area contributed by atoms with E-state index in [1.165, 1.54) is 11.1 Å². The minimum absolute atomic E-state index is 0.0111. The summed E-state index contributed by atoms with van der Waals surface area (Å²) in [5, 5.41) is 13.6. The predicted molar refractivity (Wildman–Crippen MR) is 120 cm³/mol. The molecule has 0 bridgehead atoms. The number of phenolic OH excluding ortho intramolecular Hbond substituents is 1. The number of allylic oxidation sites excluding steroid dienone is 1. The fourth-order valence-corrected chi connectivity index (χ4v) is 3.89. The Bertz CT molecular complexity index is 1110. The first-order chi connectivity index (χ1) is 14.0. The number of benzene rings is 3. The lowest BCUT2D eigenvalue weighted by Crippen LogP contribution is -2.15. The number of hydrogen-bond donors (Lipinski definition) is 2. The lowest BCUT2D eigenvalue weighted by atomic mass is 9.90. The number of carbonyl (C=O) groups excluding carboxylic acids is 1. The first-order valence-electron chi connectivity index (χ1n) is 9.99. The SMILES string of the molecule is Cc1cccc(C(=O)CNc2ccc(-c3cccc4c3C=CCC4)cc2O)c1C. The molecule has 0 saturated carbocycles. The summed E-state index contributed by atoms with van der Waals surface area (Å²) in [4.78, 5) is 12.6. The van der Waals surface area contributed by atoms with E-state index in [1.54, 1.807) is 6.07 Å². The van der Waals surface area contributed by atoms with Crippen LogP contribution < -0.4 is 5.32 Å². The lowest BCUT2D eigenvalue weighted by molar-refractivity contribution is 0.101. The summed E-state index contributed by atoms with van der Waals surface area (Å²) < 4.78 is 0. The van der Waals surface area contributed by atoms with Crippen LogP contribution in [-0.4, -0.2) is 17.4 Å². The number of hydrogen-bond acceptors (Lipinski definition) is 3. The Hall–Kier alpha value is -3.33. The second-order valence-electron chi connectivity index (χ2n) is 7.58. The van der Waals surface area contributed by atoms with E-state index in [0.29, 0.717) is 5.69 Å². The van der Waals surface area contributed by atoms with Gasteiger partial charge in [0, 0.05) is 5.56 Å². The zero-order valence-electron chi connectivity index (χ0n) is 16.8. The van der Waals surface area contributed by atoms with Crippen molar-refractivity contribution in [2.24, 2.45) is 0 Å². The summed E-state index contributed by atoms with van der Waals surface area (Å²) in [6.45, 7) is 4.10. The summed E-state index contributed by atoms with van der Waals surface area (Å²) in [5.41, 5.74) is 8.03. The van der Waals surface area contributed by atoms with Crippen LogP contribution in [0.4, 0.5) is 5.69 Å². The van der Waals surface area contributed by atoms with Crippen molar-refractivity contribution in [3.63, 3.8) is 0 Å². The molecule has 2 N–H and O–H groups in total. The highest BCUT2D eigenvalue weighted by molar-refractivity contribution is 6.00. The Morgan fingerprint density at radius 3 is 2.72 bits per heavy atom.